The van der Waals surface area contributed by atoms with Crippen LogP contribution in [0.4, 0.5) is 5.69 Å². The molecule has 0 aromatic heterocycles. The van der Waals surface area contributed by atoms with Gasteiger partial charge in [0.05, 0.1) is 5.69 Å². The minimum atomic E-state index is 1.17. The van der Waals surface area contributed by atoms with E-state index in [1.165, 1.54) is 37.2 Å². The Balaban J connectivity index is 2.04. The standard InChI is InChI=1S/C11H16N2/c1-10-6-2-3-7-11(10)12-13-8-4-5-9-13/h2-3,6-7,12H,4-5,8-9H2,1H3. The van der Waals surface area contributed by atoms with Crippen LogP contribution < -0.4 is 5.43 Å². The van der Waals surface area contributed by atoms with Crippen molar-refractivity contribution in [2.45, 2.75) is 19.8 Å². The van der Waals surface area contributed by atoms with E-state index in [9.17, 15) is 0 Å². The van der Waals surface area contributed by atoms with Crippen LogP contribution in [0.1, 0.15) is 18.4 Å². The van der Waals surface area contributed by atoms with Crippen LogP contribution in [0.25, 0.3) is 0 Å². The largest absolute Gasteiger partial charge is 0.319 e. The number of nitrogens with one attached hydrogen (secondary N) is 1. The summed E-state index contributed by atoms with van der Waals surface area (Å²) in [7, 11) is 0. The van der Waals surface area contributed by atoms with Gasteiger partial charge in [0.25, 0.3) is 0 Å². The average molecular weight is 176 g/mol. The monoisotopic (exact) mass is 176 g/mol. The van der Waals surface area contributed by atoms with Gasteiger partial charge in [-0.2, -0.15) is 0 Å². The smallest absolute Gasteiger partial charge is 0.0519 e. The molecule has 70 valence electrons. The second-order valence-corrected chi connectivity index (χ2v) is 3.62. The summed E-state index contributed by atoms with van der Waals surface area (Å²) in [5.74, 6) is 0. The summed E-state index contributed by atoms with van der Waals surface area (Å²) in [4.78, 5) is 0. The summed E-state index contributed by atoms with van der Waals surface area (Å²) in [6.45, 7) is 4.49. The summed E-state index contributed by atoms with van der Waals surface area (Å²) in [5, 5.41) is 2.29. The molecule has 1 fully saturated rings. The van der Waals surface area contributed by atoms with Crippen LogP contribution in [0.3, 0.4) is 0 Å². The highest BCUT2D eigenvalue weighted by Gasteiger charge is 2.11. The first-order valence-corrected chi connectivity index (χ1v) is 4.93. The molecule has 1 heterocycles. The molecule has 1 N–H and O–H groups in total. The Morgan fingerprint density at radius 2 is 1.85 bits per heavy atom. The fourth-order valence-corrected chi connectivity index (χ4v) is 1.70. The van der Waals surface area contributed by atoms with Gasteiger partial charge in [0, 0.05) is 13.1 Å². The molecule has 1 aromatic carbocycles. The van der Waals surface area contributed by atoms with Crippen LogP contribution in [0.2, 0.25) is 0 Å². The summed E-state index contributed by atoms with van der Waals surface area (Å²) >= 11 is 0. The van der Waals surface area contributed by atoms with E-state index in [1.54, 1.807) is 0 Å². The quantitative estimate of drug-likeness (QED) is 0.744. The third-order valence-corrected chi connectivity index (χ3v) is 2.53. The number of hydrogen-bond acceptors (Lipinski definition) is 2. The van der Waals surface area contributed by atoms with Gasteiger partial charge in [0.2, 0.25) is 0 Å². The lowest BCUT2D eigenvalue weighted by Crippen LogP contribution is -2.26. The molecule has 13 heavy (non-hydrogen) atoms. The van der Waals surface area contributed by atoms with Gasteiger partial charge in [-0.3, -0.25) is 0 Å². The molecule has 1 saturated heterocycles. The van der Waals surface area contributed by atoms with E-state index in [4.69, 9.17) is 0 Å². The van der Waals surface area contributed by atoms with E-state index in [2.05, 4.69) is 41.6 Å². The van der Waals surface area contributed by atoms with Gasteiger partial charge in [-0.05, 0) is 31.4 Å². The minimum absolute atomic E-state index is 1.17. The van der Waals surface area contributed by atoms with Crippen molar-refractivity contribution in [3.63, 3.8) is 0 Å². The molecule has 1 aromatic rings. The van der Waals surface area contributed by atoms with Crippen molar-refractivity contribution in [2.24, 2.45) is 0 Å². The molecule has 0 amide bonds. The zero-order chi connectivity index (χ0) is 9.10. The van der Waals surface area contributed by atoms with Crippen LogP contribution in [0.5, 0.6) is 0 Å². The fraction of sp³-hybridized carbons (Fsp3) is 0.455. The first-order chi connectivity index (χ1) is 6.36. The highest BCUT2D eigenvalue weighted by molar-refractivity contribution is 5.49. The van der Waals surface area contributed by atoms with Gasteiger partial charge in [-0.15, -0.1) is 0 Å². The first kappa shape index (κ1) is 8.57. The lowest BCUT2D eigenvalue weighted by molar-refractivity contribution is 0.410. The summed E-state index contributed by atoms with van der Waals surface area (Å²) in [6, 6.07) is 8.42. The van der Waals surface area contributed by atoms with Crippen LogP contribution >= 0.6 is 0 Å². The van der Waals surface area contributed by atoms with Crippen LogP contribution in [-0.2, 0) is 0 Å². The van der Waals surface area contributed by atoms with Gasteiger partial charge in [0.15, 0.2) is 0 Å². The molecule has 0 saturated carbocycles. The van der Waals surface area contributed by atoms with Crippen molar-refractivity contribution < 1.29 is 0 Å². The molecular weight excluding hydrogens is 160 g/mol. The van der Waals surface area contributed by atoms with Gasteiger partial charge in [0.1, 0.15) is 0 Å². The molecule has 1 aliphatic heterocycles. The van der Waals surface area contributed by atoms with Crippen molar-refractivity contribution in [3.05, 3.63) is 29.8 Å². The number of hydrazine groups is 1. The highest BCUT2D eigenvalue weighted by atomic mass is 15.5. The molecule has 0 unspecified atom stereocenters. The first-order valence-electron chi connectivity index (χ1n) is 4.93. The second-order valence-electron chi connectivity index (χ2n) is 3.62. The normalized spacial score (nSPS) is 17.6. The van der Waals surface area contributed by atoms with E-state index in [0.717, 1.165) is 0 Å². The molecule has 1 aliphatic rings. The molecule has 0 atom stereocenters. The van der Waals surface area contributed by atoms with Crippen molar-refractivity contribution in [3.8, 4) is 0 Å². The van der Waals surface area contributed by atoms with Gasteiger partial charge < -0.3 is 5.43 Å². The number of rotatable bonds is 2. The molecule has 2 rings (SSSR count). The number of nitrogens with zero attached hydrogens (tertiary/aromatic N) is 1. The Kier molecular flexibility index (Phi) is 2.50. The van der Waals surface area contributed by atoms with Crippen LogP contribution in [0.15, 0.2) is 24.3 Å². The van der Waals surface area contributed by atoms with Gasteiger partial charge in [-0.25, -0.2) is 5.01 Å². The zero-order valence-corrected chi connectivity index (χ0v) is 8.09. The average Bonchev–Trinajstić information content (AvgIpc) is 2.61. The minimum Gasteiger partial charge on any atom is -0.319 e. The van der Waals surface area contributed by atoms with Gasteiger partial charge >= 0.3 is 0 Å². The van der Waals surface area contributed by atoms with E-state index in [1.807, 2.05) is 0 Å². The van der Waals surface area contributed by atoms with E-state index >= 15 is 0 Å². The maximum Gasteiger partial charge on any atom is 0.0519 e. The third-order valence-electron chi connectivity index (χ3n) is 2.53. The highest BCUT2D eigenvalue weighted by Crippen LogP contribution is 2.16. The van der Waals surface area contributed by atoms with E-state index in [0.29, 0.717) is 0 Å². The predicted molar refractivity (Wildman–Crippen MR) is 55.6 cm³/mol. The maximum absolute atomic E-state index is 3.44. The summed E-state index contributed by atoms with van der Waals surface area (Å²) < 4.78 is 0. The van der Waals surface area contributed by atoms with Crippen LogP contribution in [-0.4, -0.2) is 18.1 Å². The van der Waals surface area contributed by atoms with Crippen molar-refractivity contribution in [1.29, 1.82) is 0 Å². The SMILES string of the molecule is Cc1ccccc1NN1CCCC1. The molecule has 0 radical (unpaired) electrons. The van der Waals surface area contributed by atoms with Crippen molar-refractivity contribution >= 4 is 5.69 Å². The third kappa shape index (κ3) is 2.01. The summed E-state index contributed by atoms with van der Waals surface area (Å²) in [6.07, 6.45) is 2.64. The summed E-state index contributed by atoms with van der Waals surface area (Å²) in [5.41, 5.74) is 6.00. The Labute approximate surface area is 79.5 Å². The number of anilines is 1. The molecule has 0 aliphatic carbocycles. The Morgan fingerprint density at radius 1 is 1.15 bits per heavy atom. The lowest BCUT2D eigenvalue weighted by Gasteiger charge is -2.19. The fourth-order valence-electron chi connectivity index (χ4n) is 1.70. The molecule has 0 bridgehead atoms. The second kappa shape index (κ2) is 3.79. The predicted octanol–water partition coefficient (Wildman–Crippen LogP) is 2.42. The van der Waals surface area contributed by atoms with Crippen molar-refractivity contribution in [1.82, 2.24) is 5.01 Å². The number of aryl methyl sites for hydroxylation is 1. The van der Waals surface area contributed by atoms with Gasteiger partial charge in [-0.1, -0.05) is 18.2 Å². The van der Waals surface area contributed by atoms with Crippen LogP contribution in [0, 0.1) is 6.92 Å². The topological polar surface area (TPSA) is 15.3 Å². The maximum atomic E-state index is 3.44. The molecule has 2 nitrogen and oxygen atoms in total. The molecule has 0 spiro atoms. The molecule has 2 heteroatoms. The number of benzene rings is 1. The number of hydrogen-bond donors (Lipinski definition) is 1. The van der Waals surface area contributed by atoms with Crippen molar-refractivity contribution in [2.75, 3.05) is 18.5 Å². The number of para-hydroxylation sites is 1. The molecular formula is C11H16N2. The Morgan fingerprint density at radius 3 is 2.54 bits per heavy atom. The lowest BCUT2D eigenvalue weighted by atomic mass is 10.2. The van der Waals surface area contributed by atoms with E-state index < -0.39 is 0 Å². The Hall–Kier alpha value is -1.02. The Bertz CT molecular complexity index is 277. The van der Waals surface area contributed by atoms with E-state index in [-0.39, 0.29) is 0 Å². The zero-order valence-electron chi connectivity index (χ0n) is 8.09.